The van der Waals surface area contributed by atoms with E-state index < -0.39 is 10.0 Å². The summed E-state index contributed by atoms with van der Waals surface area (Å²) in [7, 11) is -3.50. The average Bonchev–Trinajstić information content (AvgIpc) is 3.05. The van der Waals surface area contributed by atoms with Crippen molar-refractivity contribution in [3.8, 4) is 0 Å². The molecule has 2 unspecified atom stereocenters. The molecule has 1 fully saturated rings. The molecule has 0 saturated carbocycles. The standard InChI is InChI=1S/C14H14ClN3O2S/c15-9-1-4-11(5-2-9)21(19,20)18-10-3-6-14(18)12-8-16-17-13(12)7-10/h1-2,4-5,8,10,14H,3,6-7H2,(H,16,17). The highest BCUT2D eigenvalue weighted by atomic mass is 35.5. The molecule has 2 aliphatic heterocycles. The predicted octanol–water partition coefficient (Wildman–Crippen LogP) is 2.51. The average molecular weight is 324 g/mol. The van der Waals surface area contributed by atoms with Crippen molar-refractivity contribution in [2.24, 2.45) is 0 Å². The second-order valence-corrected chi connectivity index (χ2v) is 7.82. The van der Waals surface area contributed by atoms with E-state index >= 15 is 0 Å². The van der Waals surface area contributed by atoms with Gasteiger partial charge in [0.05, 0.1) is 17.1 Å². The van der Waals surface area contributed by atoms with Crippen LogP contribution in [0.3, 0.4) is 0 Å². The van der Waals surface area contributed by atoms with E-state index in [1.54, 1.807) is 34.8 Å². The first kappa shape index (κ1) is 13.3. The van der Waals surface area contributed by atoms with E-state index in [0.717, 1.165) is 24.1 Å². The quantitative estimate of drug-likeness (QED) is 0.923. The normalized spacial score (nSPS) is 25.0. The number of aromatic amines is 1. The maximum Gasteiger partial charge on any atom is 0.243 e. The van der Waals surface area contributed by atoms with Crippen LogP contribution in [0.25, 0.3) is 0 Å². The van der Waals surface area contributed by atoms with Gasteiger partial charge >= 0.3 is 0 Å². The van der Waals surface area contributed by atoms with Crippen molar-refractivity contribution >= 4 is 21.6 Å². The number of H-pyrrole nitrogens is 1. The molecule has 0 spiro atoms. The molecule has 0 aliphatic carbocycles. The lowest BCUT2D eigenvalue weighted by atomic mass is 10.0. The molecule has 1 saturated heterocycles. The molecule has 21 heavy (non-hydrogen) atoms. The van der Waals surface area contributed by atoms with E-state index in [1.165, 1.54) is 0 Å². The first-order valence-electron chi connectivity index (χ1n) is 6.88. The lowest BCUT2D eigenvalue weighted by Gasteiger charge is -2.33. The Morgan fingerprint density at radius 1 is 1.24 bits per heavy atom. The van der Waals surface area contributed by atoms with Gasteiger partial charge < -0.3 is 0 Å². The smallest absolute Gasteiger partial charge is 0.243 e. The molecule has 2 atom stereocenters. The van der Waals surface area contributed by atoms with Gasteiger partial charge in [-0.2, -0.15) is 9.40 Å². The number of aromatic nitrogens is 2. The minimum atomic E-state index is -3.50. The Hall–Kier alpha value is -1.37. The number of sulfonamides is 1. The molecule has 1 aromatic heterocycles. The summed E-state index contributed by atoms with van der Waals surface area (Å²) >= 11 is 5.85. The van der Waals surface area contributed by atoms with Gasteiger partial charge in [0, 0.05) is 28.7 Å². The Bertz CT molecular complexity index is 785. The molecule has 3 heterocycles. The third-order valence-corrected chi connectivity index (χ3v) is 6.61. The van der Waals surface area contributed by atoms with Crippen LogP contribution >= 0.6 is 11.6 Å². The van der Waals surface area contributed by atoms with Crippen molar-refractivity contribution in [1.82, 2.24) is 14.5 Å². The molecule has 0 amide bonds. The number of halogens is 1. The van der Waals surface area contributed by atoms with Crippen molar-refractivity contribution < 1.29 is 8.42 Å². The van der Waals surface area contributed by atoms with Crippen molar-refractivity contribution in [3.63, 3.8) is 0 Å². The second kappa shape index (κ2) is 4.56. The molecule has 110 valence electrons. The maximum atomic E-state index is 12.9. The van der Waals surface area contributed by atoms with E-state index in [2.05, 4.69) is 10.2 Å². The third kappa shape index (κ3) is 1.93. The van der Waals surface area contributed by atoms with Gasteiger partial charge in [0.1, 0.15) is 0 Å². The zero-order valence-corrected chi connectivity index (χ0v) is 12.7. The molecule has 2 aromatic rings. The molecular weight excluding hydrogens is 310 g/mol. The van der Waals surface area contributed by atoms with Gasteiger partial charge in [-0.3, -0.25) is 5.10 Å². The Morgan fingerprint density at radius 3 is 2.76 bits per heavy atom. The van der Waals surface area contributed by atoms with Gasteiger partial charge in [-0.1, -0.05) is 11.6 Å². The van der Waals surface area contributed by atoms with E-state index in [0.29, 0.717) is 16.3 Å². The van der Waals surface area contributed by atoms with Crippen LogP contribution in [-0.2, 0) is 16.4 Å². The summed E-state index contributed by atoms with van der Waals surface area (Å²) in [6.45, 7) is 0. The summed E-state index contributed by atoms with van der Waals surface area (Å²) in [6.07, 6.45) is 4.20. The summed E-state index contributed by atoms with van der Waals surface area (Å²) < 4.78 is 27.5. The molecule has 4 rings (SSSR count). The molecule has 0 radical (unpaired) electrons. The highest BCUT2D eigenvalue weighted by molar-refractivity contribution is 7.89. The van der Waals surface area contributed by atoms with Crippen molar-refractivity contribution in [2.75, 3.05) is 0 Å². The highest BCUT2D eigenvalue weighted by Crippen LogP contribution is 2.46. The van der Waals surface area contributed by atoms with E-state index in [4.69, 9.17) is 11.6 Å². The van der Waals surface area contributed by atoms with Gasteiger partial charge in [0.25, 0.3) is 0 Å². The van der Waals surface area contributed by atoms with Crippen molar-refractivity contribution in [1.29, 1.82) is 0 Å². The van der Waals surface area contributed by atoms with E-state index in [-0.39, 0.29) is 12.1 Å². The summed E-state index contributed by atoms with van der Waals surface area (Å²) in [5.41, 5.74) is 2.09. The fraction of sp³-hybridized carbons (Fsp3) is 0.357. The van der Waals surface area contributed by atoms with Crippen molar-refractivity contribution in [2.45, 2.75) is 36.2 Å². The van der Waals surface area contributed by atoms with Gasteiger partial charge in [-0.15, -0.1) is 0 Å². The van der Waals surface area contributed by atoms with E-state index in [1.807, 2.05) is 0 Å². The molecule has 5 nitrogen and oxygen atoms in total. The van der Waals surface area contributed by atoms with Crippen LogP contribution < -0.4 is 0 Å². The van der Waals surface area contributed by atoms with Crippen LogP contribution in [0.2, 0.25) is 5.02 Å². The zero-order valence-electron chi connectivity index (χ0n) is 11.2. The number of fused-ring (bicyclic) bond motifs is 4. The van der Waals surface area contributed by atoms with Crippen LogP contribution in [0.1, 0.15) is 30.1 Å². The molecule has 2 aliphatic rings. The van der Waals surface area contributed by atoms with Gasteiger partial charge in [-0.25, -0.2) is 8.42 Å². The first-order valence-corrected chi connectivity index (χ1v) is 8.70. The Labute approximate surface area is 128 Å². The Kier molecular flexibility index (Phi) is 2.89. The summed E-state index contributed by atoms with van der Waals surface area (Å²) in [5, 5.41) is 7.58. The highest BCUT2D eigenvalue weighted by Gasteiger charge is 2.47. The topological polar surface area (TPSA) is 66.1 Å². The summed E-state index contributed by atoms with van der Waals surface area (Å²) in [5.74, 6) is 0. The van der Waals surface area contributed by atoms with Crippen LogP contribution in [0.4, 0.5) is 0 Å². The summed E-state index contributed by atoms with van der Waals surface area (Å²) in [4.78, 5) is 0.302. The fourth-order valence-corrected chi connectivity index (χ4v) is 5.42. The number of hydrogen-bond acceptors (Lipinski definition) is 3. The largest absolute Gasteiger partial charge is 0.282 e. The van der Waals surface area contributed by atoms with Crippen LogP contribution in [0, 0.1) is 0 Å². The van der Waals surface area contributed by atoms with Crippen molar-refractivity contribution in [3.05, 3.63) is 46.7 Å². The van der Waals surface area contributed by atoms with Crippen LogP contribution in [-0.4, -0.2) is 29.0 Å². The van der Waals surface area contributed by atoms with Crippen LogP contribution in [0.5, 0.6) is 0 Å². The van der Waals surface area contributed by atoms with Gasteiger partial charge in [-0.05, 0) is 37.1 Å². The number of hydrogen-bond donors (Lipinski definition) is 1. The predicted molar refractivity (Wildman–Crippen MR) is 78.5 cm³/mol. The maximum absolute atomic E-state index is 12.9. The molecule has 7 heteroatoms. The van der Waals surface area contributed by atoms with Gasteiger partial charge in [0.2, 0.25) is 10.0 Å². The molecule has 1 aromatic carbocycles. The van der Waals surface area contributed by atoms with E-state index in [9.17, 15) is 8.42 Å². The summed E-state index contributed by atoms with van der Waals surface area (Å²) in [6, 6.07) is 6.29. The molecule has 1 N–H and O–H groups in total. The zero-order chi connectivity index (χ0) is 14.6. The minimum Gasteiger partial charge on any atom is -0.282 e. The SMILES string of the molecule is O=S(=O)(c1ccc(Cl)cc1)N1C2CCC1c1cn[nH]c1C2. The fourth-order valence-electron chi connectivity index (χ4n) is 3.44. The number of benzene rings is 1. The number of nitrogens with one attached hydrogen (secondary N) is 1. The third-order valence-electron chi connectivity index (χ3n) is 4.38. The monoisotopic (exact) mass is 323 g/mol. The lowest BCUT2D eigenvalue weighted by Crippen LogP contribution is -2.41. The Morgan fingerprint density at radius 2 is 2.00 bits per heavy atom. The second-order valence-electron chi connectivity index (χ2n) is 5.54. The molecule has 2 bridgehead atoms. The lowest BCUT2D eigenvalue weighted by molar-refractivity contribution is 0.303. The van der Waals surface area contributed by atoms with Gasteiger partial charge in [0.15, 0.2) is 0 Å². The molecular formula is C14H14ClN3O2S. The first-order chi connectivity index (χ1) is 10.1. The number of nitrogens with zero attached hydrogens (tertiary/aromatic N) is 2. The minimum absolute atomic E-state index is 0.0172. The number of rotatable bonds is 2. The Balaban J connectivity index is 1.79. The van der Waals surface area contributed by atoms with Crippen LogP contribution in [0.15, 0.2) is 35.4 Å².